The first-order chi connectivity index (χ1) is 9.89. The summed E-state index contributed by atoms with van der Waals surface area (Å²) < 4.78 is 6.69. The number of nitrogens with zero attached hydrogens (tertiary/aromatic N) is 1. The zero-order valence-corrected chi connectivity index (χ0v) is 15.2. The minimum atomic E-state index is 0.136. The van der Waals surface area contributed by atoms with Crippen LogP contribution in [-0.4, -0.2) is 31.8 Å². The van der Waals surface area contributed by atoms with Gasteiger partial charge in [0.05, 0.1) is 6.10 Å². The van der Waals surface area contributed by atoms with Gasteiger partial charge in [-0.25, -0.2) is 0 Å². The van der Waals surface area contributed by atoms with Gasteiger partial charge in [0.15, 0.2) is 0 Å². The highest BCUT2D eigenvalue weighted by molar-refractivity contribution is 9.10. The third-order valence-electron chi connectivity index (χ3n) is 3.92. The summed E-state index contributed by atoms with van der Waals surface area (Å²) in [7, 11) is 1.81. The summed E-state index contributed by atoms with van der Waals surface area (Å²) in [5, 5.41) is 3.53. The van der Waals surface area contributed by atoms with Gasteiger partial charge in [-0.2, -0.15) is 0 Å². The lowest BCUT2D eigenvalue weighted by molar-refractivity contribution is 0.0893. The molecule has 1 aromatic rings. The van der Waals surface area contributed by atoms with Crippen molar-refractivity contribution in [1.82, 2.24) is 5.32 Å². The van der Waals surface area contributed by atoms with Crippen molar-refractivity contribution in [2.75, 3.05) is 25.1 Å². The van der Waals surface area contributed by atoms with Crippen LogP contribution in [0.5, 0.6) is 0 Å². The lowest BCUT2D eigenvalue weighted by atomic mass is 10.1. The highest BCUT2D eigenvalue weighted by Gasteiger charge is 2.20. The predicted molar refractivity (Wildman–Crippen MR) is 93.0 cm³/mol. The molecular formula is C17H27BrN2O. The van der Waals surface area contributed by atoms with E-state index < -0.39 is 0 Å². The molecule has 0 aromatic heterocycles. The molecule has 0 aliphatic carbocycles. The standard InChI is InChI=1S/C17H27BrN2O/c1-17(2,3)19-11-13-7-8-14(10-16(13)18)20-9-5-6-15(12-20)21-4/h7-8,10,15,19H,5-6,9,11-12H2,1-4H3. The van der Waals surface area contributed by atoms with Crippen molar-refractivity contribution >= 4 is 21.6 Å². The lowest BCUT2D eigenvalue weighted by Crippen LogP contribution is -2.39. The van der Waals surface area contributed by atoms with E-state index in [1.54, 1.807) is 0 Å². The summed E-state index contributed by atoms with van der Waals surface area (Å²) in [6.45, 7) is 9.55. The van der Waals surface area contributed by atoms with Crippen molar-refractivity contribution < 1.29 is 4.74 Å². The third-order valence-corrected chi connectivity index (χ3v) is 4.66. The molecule has 0 saturated carbocycles. The molecule has 118 valence electrons. The first-order valence-corrected chi connectivity index (χ1v) is 8.49. The highest BCUT2D eigenvalue weighted by atomic mass is 79.9. The largest absolute Gasteiger partial charge is 0.380 e. The average Bonchev–Trinajstić information content (AvgIpc) is 2.45. The number of benzene rings is 1. The quantitative estimate of drug-likeness (QED) is 0.885. The number of nitrogens with one attached hydrogen (secondary N) is 1. The average molecular weight is 355 g/mol. The number of halogens is 1. The summed E-state index contributed by atoms with van der Waals surface area (Å²) in [5.74, 6) is 0. The Kier molecular flexibility index (Phi) is 5.69. The van der Waals surface area contributed by atoms with E-state index in [0.717, 1.165) is 19.6 Å². The predicted octanol–water partition coefficient (Wildman–Crippen LogP) is 3.95. The van der Waals surface area contributed by atoms with E-state index in [2.05, 4.69) is 65.1 Å². The summed E-state index contributed by atoms with van der Waals surface area (Å²) in [4.78, 5) is 2.42. The van der Waals surface area contributed by atoms with Crippen LogP contribution in [-0.2, 0) is 11.3 Å². The van der Waals surface area contributed by atoms with Gasteiger partial charge in [0.1, 0.15) is 0 Å². The topological polar surface area (TPSA) is 24.5 Å². The molecule has 1 heterocycles. The van der Waals surface area contributed by atoms with E-state index in [1.807, 2.05) is 7.11 Å². The van der Waals surface area contributed by atoms with Crippen LogP contribution < -0.4 is 10.2 Å². The van der Waals surface area contributed by atoms with Crippen LogP contribution in [0, 0.1) is 0 Å². The molecule has 1 aromatic carbocycles. The number of piperidine rings is 1. The first kappa shape index (κ1) is 16.8. The van der Waals surface area contributed by atoms with Crippen molar-refractivity contribution in [2.45, 2.75) is 51.8 Å². The molecule has 1 N–H and O–H groups in total. The molecule has 2 rings (SSSR count). The van der Waals surface area contributed by atoms with Gasteiger partial charge < -0.3 is 15.0 Å². The molecule has 0 radical (unpaired) electrons. The van der Waals surface area contributed by atoms with Gasteiger partial charge in [-0.05, 0) is 51.3 Å². The van der Waals surface area contributed by atoms with Gasteiger partial charge in [-0.15, -0.1) is 0 Å². The Morgan fingerprint density at radius 2 is 2.14 bits per heavy atom. The number of hydrogen-bond donors (Lipinski definition) is 1. The molecule has 1 atom stereocenters. The summed E-state index contributed by atoms with van der Waals surface area (Å²) in [5.41, 5.74) is 2.72. The number of anilines is 1. The molecule has 0 spiro atoms. The molecule has 1 unspecified atom stereocenters. The minimum Gasteiger partial charge on any atom is -0.380 e. The molecule has 1 fully saturated rings. The summed E-state index contributed by atoms with van der Waals surface area (Å²) in [6, 6.07) is 6.68. The second-order valence-corrected chi connectivity index (χ2v) is 7.68. The van der Waals surface area contributed by atoms with Gasteiger partial charge in [-0.1, -0.05) is 22.0 Å². The van der Waals surface area contributed by atoms with Crippen LogP contribution in [0.4, 0.5) is 5.69 Å². The molecule has 1 aliphatic heterocycles. The number of ether oxygens (including phenoxy) is 1. The van der Waals surface area contributed by atoms with E-state index in [9.17, 15) is 0 Å². The van der Waals surface area contributed by atoms with Crippen LogP contribution in [0.1, 0.15) is 39.2 Å². The summed E-state index contributed by atoms with van der Waals surface area (Å²) >= 11 is 3.72. The van der Waals surface area contributed by atoms with Gasteiger partial charge in [0.2, 0.25) is 0 Å². The summed E-state index contributed by atoms with van der Waals surface area (Å²) in [6.07, 6.45) is 2.73. The van der Waals surface area contributed by atoms with Crippen LogP contribution in [0.15, 0.2) is 22.7 Å². The Balaban J connectivity index is 2.04. The second-order valence-electron chi connectivity index (χ2n) is 6.83. The van der Waals surface area contributed by atoms with Crippen LogP contribution in [0.2, 0.25) is 0 Å². The van der Waals surface area contributed by atoms with E-state index in [1.165, 1.54) is 28.6 Å². The van der Waals surface area contributed by atoms with Crippen molar-refractivity contribution in [3.63, 3.8) is 0 Å². The fourth-order valence-corrected chi connectivity index (χ4v) is 3.11. The first-order valence-electron chi connectivity index (χ1n) is 7.70. The molecule has 21 heavy (non-hydrogen) atoms. The van der Waals surface area contributed by atoms with Crippen LogP contribution in [0.3, 0.4) is 0 Å². The maximum atomic E-state index is 5.51. The fourth-order valence-electron chi connectivity index (χ4n) is 2.60. The van der Waals surface area contributed by atoms with Gasteiger partial charge in [-0.3, -0.25) is 0 Å². The maximum absolute atomic E-state index is 5.51. The van der Waals surface area contributed by atoms with E-state index in [4.69, 9.17) is 4.74 Å². The Hall–Kier alpha value is -0.580. The monoisotopic (exact) mass is 354 g/mol. The second kappa shape index (κ2) is 7.12. The van der Waals surface area contributed by atoms with Crippen LogP contribution >= 0.6 is 15.9 Å². The van der Waals surface area contributed by atoms with E-state index in [0.29, 0.717) is 6.10 Å². The van der Waals surface area contributed by atoms with Crippen molar-refractivity contribution in [3.05, 3.63) is 28.2 Å². The fraction of sp³-hybridized carbons (Fsp3) is 0.647. The molecule has 0 bridgehead atoms. The number of methoxy groups -OCH3 is 1. The normalized spacial score (nSPS) is 19.9. The molecule has 0 amide bonds. The molecule has 4 heteroatoms. The minimum absolute atomic E-state index is 0.136. The Morgan fingerprint density at radius 1 is 1.38 bits per heavy atom. The highest BCUT2D eigenvalue weighted by Crippen LogP contribution is 2.27. The van der Waals surface area contributed by atoms with Crippen molar-refractivity contribution in [2.24, 2.45) is 0 Å². The van der Waals surface area contributed by atoms with Gasteiger partial charge >= 0.3 is 0 Å². The van der Waals surface area contributed by atoms with Gasteiger partial charge in [0, 0.05) is 42.4 Å². The maximum Gasteiger partial charge on any atom is 0.0746 e. The smallest absolute Gasteiger partial charge is 0.0746 e. The Labute approximate surface area is 137 Å². The number of hydrogen-bond acceptors (Lipinski definition) is 3. The molecular weight excluding hydrogens is 328 g/mol. The molecule has 3 nitrogen and oxygen atoms in total. The van der Waals surface area contributed by atoms with Crippen molar-refractivity contribution in [1.29, 1.82) is 0 Å². The third kappa shape index (κ3) is 4.97. The van der Waals surface area contributed by atoms with Gasteiger partial charge in [0.25, 0.3) is 0 Å². The Morgan fingerprint density at radius 3 is 2.76 bits per heavy atom. The SMILES string of the molecule is COC1CCCN(c2ccc(CNC(C)(C)C)c(Br)c2)C1. The van der Waals surface area contributed by atoms with Crippen molar-refractivity contribution in [3.8, 4) is 0 Å². The molecule has 1 aliphatic rings. The van der Waals surface area contributed by atoms with E-state index >= 15 is 0 Å². The zero-order valence-electron chi connectivity index (χ0n) is 13.6. The lowest BCUT2D eigenvalue weighted by Gasteiger charge is -2.34. The Bertz CT molecular complexity index is 470. The van der Waals surface area contributed by atoms with E-state index in [-0.39, 0.29) is 5.54 Å². The zero-order chi connectivity index (χ0) is 15.5. The number of rotatable bonds is 4. The molecule has 1 saturated heterocycles. The van der Waals surface area contributed by atoms with Crippen LogP contribution in [0.25, 0.3) is 0 Å².